The van der Waals surface area contributed by atoms with E-state index in [1.807, 2.05) is 24.3 Å². The molecule has 0 unspecified atom stereocenters. The summed E-state index contributed by atoms with van der Waals surface area (Å²) in [4.78, 5) is 41.2. The lowest BCUT2D eigenvalue weighted by atomic mass is 10.1. The number of benzene rings is 2. The summed E-state index contributed by atoms with van der Waals surface area (Å²) in [5.41, 5.74) is 1.73. The van der Waals surface area contributed by atoms with E-state index in [-0.39, 0.29) is 17.5 Å². The summed E-state index contributed by atoms with van der Waals surface area (Å²) in [5, 5.41) is 0.560. The van der Waals surface area contributed by atoms with Gasteiger partial charge in [0.2, 0.25) is 0 Å². The maximum Gasteiger partial charge on any atom is 0.333 e. The molecule has 2 aromatic carbocycles. The summed E-state index contributed by atoms with van der Waals surface area (Å²) in [7, 11) is 1.63. The zero-order chi connectivity index (χ0) is 19.2. The Balaban J connectivity index is 1.39. The summed E-state index contributed by atoms with van der Waals surface area (Å²) in [5.74, 6) is -0.935. The molecule has 2 amide bonds. The van der Waals surface area contributed by atoms with Crippen LogP contribution in [0.1, 0.15) is 52.0 Å². The number of hydrogen-bond acceptors (Lipinski definition) is 5. The van der Waals surface area contributed by atoms with Gasteiger partial charge in [-0.15, -0.1) is 0 Å². The second-order valence-electron chi connectivity index (χ2n) is 6.32. The number of hydroxylamine groups is 2. The molecule has 0 saturated heterocycles. The number of methoxy groups -OCH3 is 1. The highest BCUT2D eigenvalue weighted by atomic mass is 16.7. The zero-order valence-electron chi connectivity index (χ0n) is 15.1. The largest absolute Gasteiger partial charge is 0.497 e. The maximum absolute atomic E-state index is 12.1. The molecule has 1 aliphatic heterocycles. The highest BCUT2D eigenvalue weighted by Crippen LogP contribution is 2.23. The molecule has 0 spiro atoms. The van der Waals surface area contributed by atoms with Gasteiger partial charge in [0.15, 0.2) is 0 Å². The first kappa shape index (κ1) is 18.6. The Morgan fingerprint density at radius 3 is 2.11 bits per heavy atom. The molecule has 0 radical (unpaired) electrons. The van der Waals surface area contributed by atoms with Crippen molar-refractivity contribution in [2.75, 3.05) is 7.11 Å². The van der Waals surface area contributed by atoms with Gasteiger partial charge in [0.25, 0.3) is 11.8 Å². The lowest BCUT2D eigenvalue weighted by molar-refractivity contribution is -0.168. The van der Waals surface area contributed by atoms with Crippen LogP contribution in [0.15, 0.2) is 48.5 Å². The van der Waals surface area contributed by atoms with Crippen molar-refractivity contribution in [1.82, 2.24) is 5.06 Å². The molecule has 0 N–H and O–H groups in total. The van der Waals surface area contributed by atoms with Crippen molar-refractivity contribution in [2.24, 2.45) is 0 Å². The van der Waals surface area contributed by atoms with E-state index in [4.69, 9.17) is 9.57 Å². The van der Waals surface area contributed by atoms with Crippen LogP contribution >= 0.6 is 0 Å². The van der Waals surface area contributed by atoms with Crippen molar-refractivity contribution in [3.63, 3.8) is 0 Å². The molecule has 2 aromatic rings. The van der Waals surface area contributed by atoms with Crippen LogP contribution in [-0.2, 0) is 16.1 Å². The van der Waals surface area contributed by atoms with Gasteiger partial charge in [-0.2, -0.15) is 0 Å². The minimum atomic E-state index is -0.594. The normalized spacial score (nSPS) is 12.9. The summed E-state index contributed by atoms with van der Waals surface area (Å²) in [6.45, 7) is 0. The van der Waals surface area contributed by atoms with Gasteiger partial charge in [0.1, 0.15) is 5.75 Å². The van der Waals surface area contributed by atoms with Crippen molar-refractivity contribution in [3.05, 3.63) is 65.2 Å². The van der Waals surface area contributed by atoms with E-state index >= 15 is 0 Å². The van der Waals surface area contributed by atoms with Crippen molar-refractivity contribution in [1.29, 1.82) is 0 Å². The Bertz CT molecular complexity index is 809. The van der Waals surface area contributed by atoms with E-state index in [0.29, 0.717) is 11.5 Å². The number of carbonyl (C=O) groups is 3. The van der Waals surface area contributed by atoms with Crippen molar-refractivity contribution in [2.45, 2.75) is 32.1 Å². The quantitative estimate of drug-likeness (QED) is 0.527. The maximum atomic E-state index is 12.1. The van der Waals surface area contributed by atoms with E-state index in [1.54, 1.807) is 31.4 Å². The molecule has 0 atom stereocenters. The molecule has 140 valence electrons. The molecule has 1 aliphatic rings. The van der Waals surface area contributed by atoms with Crippen LogP contribution in [0.3, 0.4) is 0 Å². The van der Waals surface area contributed by atoms with E-state index in [2.05, 4.69) is 0 Å². The van der Waals surface area contributed by atoms with Crippen LogP contribution < -0.4 is 4.74 Å². The Morgan fingerprint density at radius 2 is 1.52 bits per heavy atom. The molecule has 0 fully saturated rings. The molecule has 0 bridgehead atoms. The molecule has 3 rings (SSSR count). The third-order valence-corrected chi connectivity index (χ3v) is 4.46. The molecule has 6 heteroatoms. The third kappa shape index (κ3) is 4.34. The van der Waals surface area contributed by atoms with E-state index < -0.39 is 17.8 Å². The molecule has 6 nitrogen and oxygen atoms in total. The fraction of sp³-hybridized carbons (Fsp3) is 0.286. The smallest absolute Gasteiger partial charge is 0.333 e. The Kier molecular flexibility index (Phi) is 5.86. The highest BCUT2D eigenvalue weighted by molar-refractivity contribution is 6.20. The monoisotopic (exact) mass is 367 g/mol. The number of carbonyl (C=O) groups excluding carboxylic acids is 3. The fourth-order valence-electron chi connectivity index (χ4n) is 2.96. The molecule has 1 heterocycles. The number of hydrogen-bond donors (Lipinski definition) is 0. The van der Waals surface area contributed by atoms with Crippen molar-refractivity contribution in [3.8, 4) is 5.75 Å². The number of nitrogens with zero attached hydrogens (tertiary/aromatic N) is 1. The van der Waals surface area contributed by atoms with Crippen LogP contribution in [0.5, 0.6) is 5.75 Å². The van der Waals surface area contributed by atoms with Gasteiger partial charge >= 0.3 is 5.97 Å². The fourth-order valence-corrected chi connectivity index (χ4v) is 2.96. The van der Waals surface area contributed by atoms with Gasteiger partial charge in [-0.1, -0.05) is 35.7 Å². The molecule has 0 saturated carbocycles. The molecular formula is C21H21NO5. The number of ether oxygens (including phenoxy) is 1. The molecule has 0 aliphatic carbocycles. The predicted octanol–water partition coefficient (Wildman–Crippen LogP) is 3.55. The second-order valence-corrected chi connectivity index (χ2v) is 6.32. The number of rotatable bonds is 8. The average Bonchev–Trinajstić information content (AvgIpc) is 2.93. The van der Waals surface area contributed by atoms with Gasteiger partial charge in [-0.3, -0.25) is 9.59 Å². The first-order valence-corrected chi connectivity index (χ1v) is 8.91. The third-order valence-electron chi connectivity index (χ3n) is 4.46. The van der Waals surface area contributed by atoms with Crippen LogP contribution in [0.25, 0.3) is 0 Å². The average molecular weight is 367 g/mol. The van der Waals surface area contributed by atoms with Gasteiger partial charge < -0.3 is 9.57 Å². The molecular weight excluding hydrogens is 346 g/mol. The summed E-state index contributed by atoms with van der Waals surface area (Å²) in [6, 6.07) is 14.3. The molecule has 0 aromatic heterocycles. The minimum absolute atomic E-state index is 0.163. The number of amides is 2. The highest BCUT2D eigenvalue weighted by Gasteiger charge is 2.38. The first-order chi connectivity index (χ1) is 13.1. The van der Waals surface area contributed by atoms with Crippen LogP contribution in [0.4, 0.5) is 0 Å². The second kappa shape index (κ2) is 8.49. The summed E-state index contributed by atoms with van der Waals surface area (Å²) >= 11 is 0. The van der Waals surface area contributed by atoms with Gasteiger partial charge in [-0.05, 0) is 49.1 Å². The van der Waals surface area contributed by atoms with E-state index in [0.717, 1.165) is 25.0 Å². The van der Waals surface area contributed by atoms with Crippen LogP contribution in [-0.4, -0.2) is 30.0 Å². The Morgan fingerprint density at radius 1 is 0.889 bits per heavy atom. The Hall–Kier alpha value is -3.15. The number of fused-ring (bicyclic) bond motifs is 1. The van der Waals surface area contributed by atoms with Gasteiger partial charge in [-0.25, -0.2) is 4.79 Å². The Labute approximate surface area is 157 Å². The SMILES string of the molecule is COc1ccc(CCCCCC(=O)ON2C(=O)c3ccccc3C2=O)cc1. The molecule has 27 heavy (non-hydrogen) atoms. The summed E-state index contributed by atoms with van der Waals surface area (Å²) < 4.78 is 5.13. The van der Waals surface area contributed by atoms with E-state index in [1.165, 1.54) is 5.56 Å². The van der Waals surface area contributed by atoms with Crippen LogP contribution in [0.2, 0.25) is 0 Å². The zero-order valence-corrected chi connectivity index (χ0v) is 15.1. The van der Waals surface area contributed by atoms with Crippen molar-refractivity contribution < 1.29 is 24.0 Å². The first-order valence-electron chi connectivity index (χ1n) is 8.91. The van der Waals surface area contributed by atoms with Gasteiger partial charge in [0.05, 0.1) is 18.2 Å². The topological polar surface area (TPSA) is 72.9 Å². The predicted molar refractivity (Wildman–Crippen MR) is 98.2 cm³/mol. The lowest BCUT2D eigenvalue weighted by Gasteiger charge is -2.12. The number of unbranched alkanes of at least 4 members (excludes halogenated alkanes) is 2. The number of aryl methyl sites for hydroxylation is 1. The minimum Gasteiger partial charge on any atom is -0.497 e. The number of imide groups is 1. The standard InChI is InChI=1S/C21H21NO5/c1-26-16-13-11-15(12-14-16)7-3-2-4-10-19(23)27-22-20(24)17-8-5-6-9-18(17)21(22)25/h5-6,8-9,11-14H,2-4,7,10H2,1H3. The van der Waals surface area contributed by atoms with Crippen LogP contribution in [0, 0.1) is 0 Å². The van der Waals surface area contributed by atoms with Gasteiger partial charge in [0, 0.05) is 6.42 Å². The van der Waals surface area contributed by atoms with E-state index in [9.17, 15) is 14.4 Å². The van der Waals surface area contributed by atoms with Crippen molar-refractivity contribution >= 4 is 17.8 Å². The lowest BCUT2D eigenvalue weighted by Crippen LogP contribution is -2.32. The summed E-state index contributed by atoms with van der Waals surface area (Å²) in [6.07, 6.45) is 3.50.